The highest BCUT2D eigenvalue weighted by atomic mass is 32.1. The van der Waals surface area contributed by atoms with Crippen LogP contribution in [-0.4, -0.2) is 58.7 Å². The fourth-order valence-electron chi connectivity index (χ4n) is 4.52. The number of hydrogen-bond acceptors (Lipinski definition) is 7. The molecule has 4 N–H and O–H groups in total. The van der Waals surface area contributed by atoms with Gasteiger partial charge in [0.15, 0.2) is 17.3 Å². The second-order valence-corrected chi connectivity index (χ2v) is 11.4. The minimum Gasteiger partial charge on any atom is -0.384 e. The summed E-state index contributed by atoms with van der Waals surface area (Å²) in [5.74, 6) is -0.642. The lowest BCUT2D eigenvalue weighted by Crippen LogP contribution is -2.51. The molecule has 166 valence electrons. The maximum absolute atomic E-state index is 12.5. The smallest absolute Gasteiger partial charge is 0.331 e. The zero-order chi connectivity index (χ0) is 22.2. The van der Waals surface area contributed by atoms with Crippen LogP contribution in [0.2, 0.25) is 0 Å². The molecule has 7 atom stereocenters. The van der Waals surface area contributed by atoms with Crippen LogP contribution in [-0.2, 0) is 20.9 Å². The van der Waals surface area contributed by atoms with Crippen LogP contribution in [0.1, 0.15) is 40.3 Å². The summed E-state index contributed by atoms with van der Waals surface area (Å²) in [6, 6.07) is 0. The first-order chi connectivity index (χ1) is 13.9. The number of aryl methyl sites for hydroxylation is 1. The average molecular weight is 459 g/mol. The first-order valence-corrected chi connectivity index (χ1v) is 12.0. The van der Waals surface area contributed by atoms with Crippen molar-refractivity contribution in [3.8, 4) is 0 Å². The molecule has 10 nitrogen and oxygen atoms in total. The lowest BCUT2D eigenvalue weighted by molar-refractivity contribution is -0.748. The van der Waals surface area contributed by atoms with E-state index in [-0.39, 0.29) is 0 Å². The van der Waals surface area contributed by atoms with Gasteiger partial charge >= 0.3 is 7.60 Å². The van der Waals surface area contributed by atoms with E-state index in [4.69, 9.17) is 21.5 Å². The van der Waals surface area contributed by atoms with Crippen molar-refractivity contribution in [1.82, 2.24) is 14.5 Å². The van der Waals surface area contributed by atoms with Gasteiger partial charge in [0.25, 0.3) is 5.65 Å². The Balaban J connectivity index is 1.65. The Morgan fingerprint density at radius 1 is 1.57 bits per heavy atom. The van der Waals surface area contributed by atoms with Crippen LogP contribution in [0, 0.1) is 10.6 Å². The number of aliphatic hydroxyl groups is 2. The molecular weight excluding hydrogens is 431 g/mol. The molecule has 1 saturated heterocycles. The van der Waals surface area contributed by atoms with Crippen LogP contribution in [0.3, 0.4) is 0 Å². The van der Waals surface area contributed by atoms with E-state index < -0.39 is 48.8 Å². The van der Waals surface area contributed by atoms with Gasteiger partial charge in [0, 0.05) is 0 Å². The minimum atomic E-state index is -3.89. The van der Waals surface area contributed by atoms with Gasteiger partial charge in [-0.25, -0.2) is 9.55 Å². The third-order valence-corrected chi connectivity index (χ3v) is 8.80. The summed E-state index contributed by atoms with van der Waals surface area (Å²) in [5.41, 5.74) is -2.03. The molecule has 2 aromatic rings. The summed E-state index contributed by atoms with van der Waals surface area (Å²) in [4.78, 5) is 17.3. The Hall–Kier alpha value is -1.20. The summed E-state index contributed by atoms with van der Waals surface area (Å²) in [6.45, 7) is 6.71. The normalized spacial score (nSPS) is 34.7. The predicted molar refractivity (Wildman–Crippen MR) is 109 cm³/mol. The molecule has 0 spiro atoms. The van der Waals surface area contributed by atoms with Gasteiger partial charge in [-0.05, 0) is 13.3 Å². The van der Waals surface area contributed by atoms with Gasteiger partial charge in [0.05, 0.1) is 24.2 Å². The Kier molecular flexibility index (Phi) is 5.06. The molecule has 0 bridgehead atoms. The van der Waals surface area contributed by atoms with Crippen molar-refractivity contribution in [3.63, 3.8) is 0 Å². The number of H-pyrrole nitrogens is 1. The fraction of sp³-hybridized carbons (Fsp3) is 0.722. The maximum Gasteiger partial charge on any atom is 0.331 e. The molecule has 0 amide bonds. The first-order valence-electron chi connectivity index (χ1n) is 9.91. The zero-order valence-corrected chi connectivity index (χ0v) is 19.2. The third-order valence-electron chi connectivity index (χ3n) is 6.52. The van der Waals surface area contributed by atoms with E-state index in [1.165, 1.54) is 6.33 Å². The number of ether oxygens (including phenoxy) is 1. The number of aliphatic hydroxyl groups excluding tert-OH is 1. The van der Waals surface area contributed by atoms with Crippen molar-refractivity contribution in [1.29, 1.82) is 0 Å². The standard InChI is InChI=1S/C18H27N4O6PS/c1-6-17(4,28-29(25,26)9(2)3)11-13-18(11,24)12(23)16(27-13)22-8-21(5)10-14(22)19-7-20-15(10)30/h7-9,11-13,16,23-24H,6H2,1-5H3,(H-,19,20,25,26,30)/p+1. The van der Waals surface area contributed by atoms with E-state index in [0.717, 1.165) is 0 Å². The molecule has 2 fully saturated rings. The Labute approximate surface area is 179 Å². The van der Waals surface area contributed by atoms with Crippen molar-refractivity contribution >= 4 is 31.0 Å². The molecule has 2 aromatic heterocycles. The zero-order valence-electron chi connectivity index (χ0n) is 17.5. The molecule has 1 aliphatic carbocycles. The van der Waals surface area contributed by atoms with E-state index in [0.29, 0.717) is 22.2 Å². The molecular formula is C18H28N4O6PS+. The molecule has 2 aliphatic rings. The molecule has 3 heterocycles. The van der Waals surface area contributed by atoms with E-state index in [2.05, 4.69) is 9.97 Å². The van der Waals surface area contributed by atoms with Crippen molar-refractivity contribution in [2.45, 2.75) is 69.4 Å². The molecule has 0 radical (unpaired) electrons. The van der Waals surface area contributed by atoms with Crippen molar-refractivity contribution in [2.75, 3.05) is 0 Å². The van der Waals surface area contributed by atoms with Crippen LogP contribution in [0.4, 0.5) is 0 Å². The average Bonchev–Trinajstić information content (AvgIpc) is 3.00. The van der Waals surface area contributed by atoms with Gasteiger partial charge in [-0.15, -0.1) is 0 Å². The quantitative estimate of drug-likeness (QED) is 0.289. The second-order valence-electron chi connectivity index (χ2n) is 8.71. The molecule has 0 aromatic carbocycles. The van der Waals surface area contributed by atoms with Crippen molar-refractivity contribution < 1.29 is 33.5 Å². The van der Waals surface area contributed by atoms with Crippen LogP contribution >= 0.6 is 19.8 Å². The predicted octanol–water partition coefficient (Wildman–Crippen LogP) is 1.32. The number of nitrogens with one attached hydrogen (secondary N) is 1. The Morgan fingerprint density at radius 2 is 2.23 bits per heavy atom. The Morgan fingerprint density at radius 3 is 2.77 bits per heavy atom. The monoisotopic (exact) mass is 459 g/mol. The number of aromatic nitrogens is 4. The molecule has 7 unspecified atom stereocenters. The number of nitrogens with zero attached hydrogens (tertiary/aromatic N) is 3. The number of imidazole rings is 1. The SMILES string of the molecule is CCC(C)(OP(=O)(O)C(C)C)C1C2OC([n+]3cn(C)c4c(=S)nc[nH]c43)C(O)C21O. The largest absolute Gasteiger partial charge is 0.384 e. The van der Waals surface area contributed by atoms with E-state index in [1.54, 1.807) is 43.3 Å². The van der Waals surface area contributed by atoms with Gasteiger partial charge < -0.3 is 24.4 Å². The van der Waals surface area contributed by atoms with Crippen LogP contribution in [0.15, 0.2) is 12.7 Å². The molecule has 1 saturated carbocycles. The third kappa shape index (κ3) is 2.95. The van der Waals surface area contributed by atoms with E-state index in [9.17, 15) is 19.7 Å². The summed E-state index contributed by atoms with van der Waals surface area (Å²) in [6.07, 6.45) is 0.681. The van der Waals surface area contributed by atoms with Crippen LogP contribution in [0.25, 0.3) is 11.2 Å². The van der Waals surface area contributed by atoms with Crippen LogP contribution < -0.4 is 4.57 Å². The lowest BCUT2D eigenvalue weighted by Gasteiger charge is -2.35. The maximum atomic E-state index is 12.5. The van der Waals surface area contributed by atoms with Crippen molar-refractivity contribution in [2.24, 2.45) is 13.0 Å². The number of rotatable bonds is 6. The highest BCUT2D eigenvalue weighted by Crippen LogP contribution is 2.66. The van der Waals surface area contributed by atoms with E-state index in [1.807, 2.05) is 6.92 Å². The number of fused-ring (bicyclic) bond motifs is 2. The minimum absolute atomic E-state index is 0.370. The highest BCUT2D eigenvalue weighted by Gasteiger charge is 2.81. The Bertz CT molecular complexity index is 1100. The molecule has 4 rings (SSSR count). The van der Waals surface area contributed by atoms with Gasteiger partial charge in [-0.3, -0.25) is 14.1 Å². The lowest BCUT2D eigenvalue weighted by atomic mass is 9.92. The molecule has 1 aliphatic heterocycles. The molecule has 12 heteroatoms. The summed E-state index contributed by atoms with van der Waals surface area (Å²) in [5, 5.41) is 22.3. The van der Waals surface area contributed by atoms with Crippen LogP contribution in [0.5, 0.6) is 0 Å². The fourth-order valence-corrected chi connectivity index (χ4v) is 5.86. The summed E-state index contributed by atoms with van der Waals surface area (Å²) < 4.78 is 28.1. The highest BCUT2D eigenvalue weighted by molar-refractivity contribution is 7.71. The summed E-state index contributed by atoms with van der Waals surface area (Å²) in [7, 11) is -2.09. The van der Waals surface area contributed by atoms with Gasteiger partial charge in [0.1, 0.15) is 17.8 Å². The molecule has 30 heavy (non-hydrogen) atoms. The van der Waals surface area contributed by atoms with Gasteiger partial charge in [-0.1, -0.05) is 33.0 Å². The topological polar surface area (TPSA) is 134 Å². The first kappa shape index (κ1) is 22.0. The van der Waals surface area contributed by atoms with E-state index >= 15 is 0 Å². The van der Waals surface area contributed by atoms with Gasteiger partial charge in [-0.2, -0.15) is 0 Å². The van der Waals surface area contributed by atoms with Gasteiger partial charge in [0.2, 0.25) is 11.7 Å². The number of hydrogen-bond donors (Lipinski definition) is 4. The number of aromatic amines is 1. The second kappa shape index (κ2) is 6.90. The van der Waals surface area contributed by atoms with Crippen molar-refractivity contribution in [3.05, 3.63) is 17.3 Å². The summed E-state index contributed by atoms with van der Waals surface area (Å²) >= 11 is 5.28.